The van der Waals surface area contributed by atoms with E-state index in [0.717, 1.165) is 12.0 Å². The first-order valence-electron chi connectivity index (χ1n) is 11.8. The zero-order valence-corrected chi connectivity index (χ0v) is 21.0. The minimum Gasteiger partial charge on any atom is -0.463 e. The number of rotatable bonds is 9. The van der Waals surface area contributed by atoms with Gasteiger partial charge in [-0.05, 0) is 42.7 Å². The van der Waals surface area contributed by atoms with Gasteiger partial charge in [0.15, 0.2) is 0 Å². The van der Waals surface area contributed by atoms with Crippen LogP contribution in [-0.2, 0) is 9.53 Å². The molecule has 1 aromatic rings. The van der Waals surface area contributed by atoms with Crippen molar-refractivity contribution in [2.24, 2.45) is 0 Å². The molecule has 9 nitrogen and oxygen atoms in total. The number of nitrogens with one attached hydrogen (secondary N) is 2. The number of urea groups is 2. The van der Waals surface area contributed by atoms with E-state index in [-0.39, 0.29) is 31.3 Å². The second kappa shape index (κ2) is 12.0. The molecule has 0 bridgehead atoms. The van der Waals surface area contributed by atoms with Gasteiger partial charge in [0.25, 0.3) is 0 Å². The van der Waals surface area contributed by atoms with Crippen LogP contribution in [0.1, 0.15) is 38.8 Å². The number of amides is 4. The van der Waals surface area contributed by atoms with Gasteiger partial charge in [-0.2, -0.15) is 11.3 Å². The van der Waals surface area contributed by atoms with Gasteiger partial charge < -0.3 is 20.3 Å². The van der Waals surface area contributed by atoms with Crippen molar-refractivity contribution in [1.29, 1.82) is 0 Å². The predicted molar refractivity (Wildman–Crippen MR) is 132 cm³/mol. The molecule has 2 aliphatic rings. The molecule has 3 heterocycles. The third-order valence-electron chi connectivity index (χ3n) is 5.99. The van der Waals surface area contributed by atoms with Crippen molar-refractivity contribution >= 4 is 29.4 Å². The van der Waals surface area contributed by atoms with Crippen molar-refractivity contribution in [3.05, 3.63) is 46.3 Å². The van der Waals surface area contributed by atoms with E-state index in [4.69, 9.17) is 4.74 Å². The molecule has 3 rings (SSSR count). The van der Waals surface area contributed by atoms with E-state index < -0.39 is 12.0 Å². The lowest BCUT2D eigenvalue weighted by Crippen LogP contribution is -2.58. The fraction of sp³-hybridized carbons (Fsp3) is 0.542. The molecule has 1 fully saturated rings. The maximum absolute atomic E-state index is 13.2. The maximum Gasteiger partial charge on any atom is 0.338 e. The zero-order valence-electron chi connectivity index (χ0n) is 20.2. The Morgan fingerprint density at radius 1 is 1.35 bits per heavy atom. The Kier molecular flexibility index (Phi) is 9.12. The number of hydrogen-bond acceptors (Lipinski definition) is 6. The zero-order chi connectivity index (χ0) is 24.7. The topological polar surface area (TPSA) is 94.2 Å². The first kappa shape index (κ1) is 25.8. The minimum absolute atomic E-state index is 0.00445. The summed E-state index contributed by atoms with van der Waals surface area (Å²) in [6.45, 7) is 13.0. The number of piperazine rings is 1. The summed E-state index contributed by atoms with van der Waals surface area (Å²) in [5.41, 5.74) is 1.91. The van der Waals surface area contributed by atoms with Crippen molar-refractivity contribution in [3.63, 3.8) is 0 Å². The molecule has 1 aromatic heterocycles. The van der Waals surface area contributed by atoms with Crippen LogP contribution in [0.3, 0.4) is 0 Å². The summed E-state index contributed by atoms with van der Waals surface area (Å²) in [6.07, 6.45) is 2.53. The highest BCUT2D eigenvalue weighted by Gasteiger charge is 2.39. The second-order valence-electron chi connectivity index (χ2n) is 8.43. The third kappa shape index (κ3) is 5.79. The van der Waals surface area contributed by atoms with E-state index in [0.29, 0.717) is 44.0 Å². The molecule has 2 aliphatic heterocycles. The summed E-state index contributed by atoms with van der Waals surface area (Å²) in [5.74, 6) is -0.437. The number of nitrogens with zero attached hydrogens (tertiary/aromatic N) is 3. The van der Waals surface area contributed by atoms with Crippen LogP contribution in [0.25, 0.3) is 0 Å². The summed E-state index contributed by atoms with van der Waals surface area (Å²) in [6, 6.07) is 1.00. The van der Waals surface area contributed by atoms with E-state index in [1.807, 2.05) is 35.6 Å². The Morgan fingerprint density at radius 3 is 2.76 bits per heavy atom. The van der Waals surface area contributed by atoms with E-state index in [9.17, 15) is 14.4 Å². The van der Waals surface area contributed by atoms with Crippen LogP contribution in [0, 0.1) is 0 Å². The van der Waals surface area contributed by atoms with Gasteiger partial charge in [0.05, 0.1) is 18.2 Å². The molecule has 0 spiro atoms. The molecule has 10 heteroatoms. The Hall–Kier alpha value is -2.85. The monoisotopic (exact) mass is 489 g/mol. The lowest BCUT2D eigenvalue weighted by molar-refractivity contribution is -0.139. The lowest BCUT2D eigenvalue weighted by Gasteiger charge is -2.42. The van der Waals surface area contributed by atoms with Crippen LogP contribution >= 0.6 is 11.3 Å². The number of ether oxygens (including phenoxy) is 1. The summed E-state index contributed by atoms with van der Waals surface area (Å²) in [5, 5.41) is 9.76. The first-order chi connectivity index (χ1) is 16.4. The molecule has 4 amide bonds. The molecule has 2 unspecified atom stereocenters. The van der Waals surface area contributed by atoms with E-state index in [1.54, 1.807) is 17.9 Å². The maximum atomic E-state index is 13.2. The number of carbonyl (C=O) groups excluding carboxylic acids is 3. The van der Waals surface area contributed by atoms with Crippen LogP contribution in [-0.4, -0.2) is 84.6 Å². The van der Waals surface area contributed by atoms with Crippen LogP contribution in [0.4, 0.5) is 9.59 Å². The summed E-state index contributed by atoms with van der Waals surface area (Å²) in [7, 11) is 0. The van der Waals surface area contributed by atoms with Gasteiger partial charge in [-0.25, -0.2) is 14.4 Å². The van der Waals surface area contributed by atoms with Crippen LogP contribution in [0.15, 0.2) is 40.8 Å². The number of carbonyl (C=O) groups is 3. The Balaban J connectivity index is 1.91. The third-order valence-corrected chi connectivity index (χ3v) is 6.70. The molecular formula is C24H35N5O4S. The molecule has 0 radical (unpaired) electrons. The van der Waals surface area contributed by atoms with Gasteiger partial charge in [-0.1, -0.05) is 13.0 Å². The molecule has 0 saturated carbocycles. The number of thiophene rings is 1. The highest BCUT2D eigenvalue weighted by Crippen LogP contribution is 2.33. The van der Waals surface area contributed by atoms with Crippen molar-refractivity contribution in [3.8, 4) is 0 Å². The van der Waals surface area contributed by atoms with Gasteiger partial charge in [0, 0.05) is 51.0 Å². The molecular weight excluding hydrogens is 454 g/mol. The Labute approximate surface area is 205 Å². The molecule has 186 valence electrons. The van der Waals surface area contributed by atoms with Crippen molar-refractivity contribution in [1.82, 2.24) is 25.3 Å². The van der Waals surface area contributed by atoms with Crippen LogP contribution in [0.2, 0.25) is 0 Å². The second-order valence-corrected chi connectivity index (χ2v) is 9.21. The quantitative estimate of drug-likeness (QED) is 0.411. The van der Waals surface area contributed by atoms with Gasteiger partial charge in [-0.15, -0.1) is 6.58 Å². The minimum atomic E-state index is -0.576. The van der Waals surface area contributed by atoms with Crippen molar-refractivity contribution in [2.45, 2.75) is 39.3 Å². The first-order valence-corrected chi connectivity index (χ1v) is 12.7. The molecule has 0 aliphatic carbocycles. The smallest absolute Gasteiger partial charge is 0.338 e. The Bertz CT molecular complexity index is 916. The normalized spacial score (nSPS) is 21.3. The van der Waals surface area contributed by atoms with E-state index in [1.165, 1.54) is 11.3 Å². The molecule has 2 atom stereocenters. The lowest BCUT2D eigenvalue weighted by atomic mass is 9.95. The van der Waals surface area contributed by atoms with Crippen molar-refractivity contribution in [2.75, 3.05) is 45.9 Å². The molecule has 0 aromatic carbocycles. The summed E-state index contributed by atoms with van der Waals surface area (Å²) < 4.78 is 5.42. The van der Waals surface area contributed by atoms with Gasteiger partial charge in [-0.3, -0.25) is 9.80 Å². The molecule has 1 saturated heterocycles. The summed E-state index contributed by atoms with van der Waals surface area (Å²) >= 11 is 1.51. The highest BCUT2D eigenvalue weighted by molar-refractivity contribution is 7.08. The van der Waals surface area contributed by atoms with Gasteiger partial charge in [0.2, 0.25) is 0 Å². The number of hydrogen-bond donors (Lipinski definition) is 2. The number of esters is 1. The average molecular weight is 490 g/mol. The van der Waals surface area contributed by atoms with Gasteiger partial charge in [0.1, 0.15) is 0 Å². The Morgan fingerprint density at radius 2 is 2.15 bits per heavy atom. The van der Waals surface area contributed by atoms with E-state index in [2.05, 4.69) is 22.1 Å². The fourth-order valence-electron chi connectivity index (χ4n) is 4.36. The standard InChI is InChI=1S/C24H35N5O4S/c1-5-9-25-23(31)28-12-11-27(14-17(28)4)15-19-20(22(30)33-7-3)21(18-8-13-34-16-18)26-24(32)29(19)10-6-2/h6,8,13,16-17,21H,2,5,7,9-12,14-15H2,1,3-4H3,(H,25,31)(H,26,32). The predicted octanol–water partition coefficient (Wildman–Crippen LogP) is 2.94. The summed E-state index contributed by atoms with van der Waals surface area (Å²) in [4.78, 5) is 44.3. The molecule has 34 heavy (non-hydrogen) atoms. The average Bonchev–Trinajstić information content (AvgIpc) is 3.34. The SMILES string of the molecule is C=CCN1C(=O)NC(c2ccsc2)C(C(=O)OCC)=C1CN1CCN(C(=O)NCCC)C(C)C1. The molecule has 2 N–H and O–H groups in total. The fourth-order valence-corrected chi connectivity index (χ4v) is 5.04. The van der Waals surface area contributed by atoms with Crippen LogP contribution in [0.5, 0.6) is 0 Å². The van der Waals surface area contributed by atoms with E-state index >= 15 is 0 Å². The largest absolute Gasteiger partial charge is 0.463 e. The van der Waals surface area contributed by atoms with Crippen molar-refractivity contribution < 1.29 is 19.1 Å². The van der Waals surface area contributed by atoms with Crippen LogP contribution < -0.4 is 10.6 Å². The van der Waals surface area contributed by atoms with Gasteiger partial charge >= 0.3 is 18.0 Å². The highest BCUT2D eigenvalue weighted by atomic mass is 32.1.